The van der Waals surface area contributed by atoms with Gasteiger partial charge in [0.2, 0.25) is 0 Å². The Bertz CT molecular complexity index is 515. The number of hydrogen-bond donors (Lipinski definition) is 2. The third-order valence-electron chi connectivity index (χ3n) is 4.71. The van der Waals surface area contributed by atoms with Crippen molar-refractivity contribution < 1.29 is 9.53 Å². The van der Waals surface area contributed by atoms with Crippen LogP contribution in [0.15, 0.2) is 18.2 Å². The Morgan fingerprint density at radius 1 is 1.35 bits per heavy atom. The molecule has 0 aromatic heterocycles. The van der Waals surface area contributed by atoms with E-state index in [0.717, 1.165) is 29.8 Å². The van der Waals surface area contributed by atoms with Crippen LogP contribution in [0, 0.1) is 11.8 Å². The van der Waals surface area contributed by atoms with Crippen molar-refractivity contribution in [1.82, 2.24) is 5.32 Å². The maximum absolute atomic E-state index is 11.3. The fourth-order valence-electron chi connectivity index (χ4n) is 3.14. The van der Waals surface area contributed by atoms with Crippen LogP contribution in [0.3, 0.4) is 0 Å². The highest BCUT2D eigenvalue weighted by Crippen LogP contribution is 2.32. The molecule has 1 saturated carbocycles. The van der Waals surface area contributed by atoms with Gasteiger partial charge in [0, 0.05) is 12.6 Å². The van der Waals surface area contributed by atoms with Crippen LogP contribution < -0.4 is 15.4 Å². The highest BCUT2D eigenvalue weighted by Gasteiger charge is 2.29. The van der Waals surface area contributed by atoms with Gasteiger partial charge in [-0.05, 0) is 42.4 Å². The lowest BCUT2D eigenvalue weighted by atomic mass is 9.97. The summed E-state index contributed by atoms with van der Waals surface area (Å²) in [5.41, 5.74) is 1.97. The summed E-state index contributed by atoms with van der Waals surface area (Å²) in [5.74, 6) is 2.22. The van der Waals surface area contributed by atoms with E-state index >= 15 is 0 Å². The first-order valence-electron chi connectivity index (χ1n) is 7.42. The van der Waals surface area contributed by atoms with Crippen LogP contribution >= 0.6 is 0 Å². The molecule has 0 saturated heterocycles. The fourth-order valence-corrected chi connectivity index (χ4v) is 3.14. The molecule has 3 unspecified atom stereocenters. The van der Waals surface area contributed by atoms with Gasteiger partial charge in [0.25, 0.3) is 5.91 Å². The number of ether oxygens (including phenoxy) is 1. The van der Waals surface area contributed by atoms with Gasteiger partial charge in [0.05, 0.1) is 5.69 Å². The van der Waals surface area contributed by atoms with Crippen molar-refractivity contribution in [3.8, 4) is 5.75 Å². The topological polar surface area (TPSA) is 50.4 Å². The minimum Gasteiger partial charge on any atom is -0.482 e. The molecule has 20 heavy (non-hydrogen) atoms. The van der Waals surface area contributed by atoms with Gasteiger partial charge in [0.1, 0.15) is 5.75 Å². The monoisotopic (exact) mass is 274 g/mol. The van der Waals surface area contributed by atoms with Gasteiger partial charge in [-0.2, -0.15) is 0 Å². The molecule has 1 heterocycles. The summed E-state index contributed by atoms with van der Waals surface area (Å²) in [4.78, 5) is 11.3. The van der Waals surface area contributed by atoms with Crippen molar-refractivity contribution in [3.63, 3.8) is 0 Å². The van der Waals surface area contributed by atoms with E-state index in [1.54, 1.807) is 0 Å². The number of amides is 1. The predicted molar refractivity (Wildman–Crippen MR) is 78.8 cm³/mol. The van der Waals surface area contributed by atoms with Crippen molar-refractivity contribution in [2.45, 2.75) is 39.3 Å². The molecule has 4 nitrogen and oxygen atoms in total. The SMILES string of the molecule is CC1CCC(NCc2ccc3c(c2)NC(=O)CO3)C1C. The third kappa shape index (κ3) is 2.66. The highest BCUT2D eigenvalue weighted by atomic mass is 16.5. The zero-order valence-electron chi connectivity index (χ0n) is 12.1. The first-order chi connectivity index (χ1) is 9.63. The summed E-state index contributed by atoms with van der Waals surface area (Å²) >= 11 is 0. The standard InChI is InChI=1S/C16H22N2O2/c1-10-3-5-13(11(10)2)17-8-12-4-6-15-14(7-12)18-16(19)9-20-15/h4,6-7,10-11,13,17H,3,5,8-9H2,1-2H3,(H,18,19). The van der Waals surface area contributed by atoms with Gasteiger partial charge in [-0.25, -0.2) is 0 Å². The zero-order chi connectivity index (χ0) is 14.1. The molecule has 1 aliphatic carbocycles. The molecule has 2 N–H and O–H groups in total. The molecule has 1 aliphatic heterocycles. The third-order valence-corrected chi connectivity index (χ3v) is 4.71. The molecule has 0 spiro atoms. The number of rotatable bonds is 3. The summed E-state index contributed by atoms with van der Waals surface area (Å²) in [6.07, 6.45) is 2.57. The average Bonchev–Trinajstić information content (AvgIpc) is 2.76. The van der Waals surface area contributed by atoms with E-state index in [1.165, 1.54) is 18.4 Å². The van der Waals surface area contributed by atoms with Crippen LogP contribution in [-0.4, -0.2) is 18.6 Å². The quantitative estimate of drug-likeness (QED) is 0.890. The Balaban J connectivity index is 1.64. The number of fused-ring (bicyclic) bond motifs is 1. The normalized spacial score (nSPS) is 28.7. The van der Waals surface area contributed by atoms with Crippen LogP contribution in [0.25, 0.3) is 0 Å². The van der Waals surface area contributed by atoms with E-state index in [1.807, 2.05) is 12.1 Å². The molecule has 108 valence electrons. The zero-order valence-corrected chi connectivity index (χ0v) is 12.1. The smallest absolute Gasteiger partial charge is 0.262 e. The summed E-state index contributed by atoms with van der Waals surface area (Å²) in [7, 11) is 0. The summed E-state index contributed by atoms with van der Waals surface area (Å²) in [5, 5.41) is 6.49. The molecule has 1 aromatic carbocycles. The Morgan fingerprint density at radius 2 is 2.20 bits per heavy atom. The minimum atomic E-state index is -0.0825. The molecule has 1 amide bonds. The minimum absolute atomic E-state index is 0.0825. The van der Waals surface area contributed by atoms with Gasteiger partial charge < -0.3 is 15.4 Å². The lowest BCUT2D eigenvalue weighted by molar-refractivity contribution is -0.118. The first kappa shape index (κ1) is 13.4. The summed E-state index contributed by atoms with van der Waals surface area (Å²) < 4.78 is 5.37. The number of carbonyl (C=O) groups excluding carboxylic acids is 1. The molecule has 3 atom stereocenters. The second-order valence-corrected chi connectivity index (χ2v) is 6.07. The molecule has 1 fully saturated rings. The van der Waals surface area contributed by atoms with Crippen molar-refractivity contribution in [1.29, 1.82) is 0 Å². The molecule has 0 bridgehead atoms. The van der Waals surface area contributed by atoms with Crippen molar-refractivity contribution in [3.05, 3.63) is 23.8 Å². The van der Waals surface area contributed by atoms with Gasteiger partial charge in [-0.3, -0.25) is 4.79 Å². The van der Waals surface area contributed by atoms with Crippen LogP contribution in [0.2, 0.25) is 0 Å². The van der Waals surface area contributed by atoms with E-state index in [2.05, 4.69) is 30.5 Å². The van der Waals surface area contributed by atoms with E-state index in [0.29, 0.717) is 6.04 Å². The Kier molecular flexibility index (Phi) is 3.66. The van der Waals surface area contributed by atoms with Crippen molar-refractivity contribution >= 4 is 11.6 Å². The molecular formula is C16H22N2O2. The van der Waals surface area contributed by atoms with Crippen LogP contribution in [0.1, 0.15) is 32.3 Å². The fraction of sp³-hybridized carbons (Fsp3) is 0.562. The predicted octanol–water partition coefficient (Wildman–Crippen LogP) is 2.54. The van der Waals surface area contributed by atoms with Gasteiger partial charge in [-0.15, -0.1) is 0 Å². The largest absolute Gasteiger partial charge is 0.482 e. The van der Waals surface area contributed by atoms with Crippen LogP contribution in [0.4, 0.5) is 5.69 Å². The van der Waals surface area contributed by atoms with Gasteiger partial charge in [0.15, 0.2) is 6.61 Å². The summed E-state index contributed by atoms with van der Waals surface area (Å²) in [6, 6.07) is 6.60. The Hall–Kier alpha value is -1.55. The second kappa shape index (κ2) is 5.44. The van der Waals surface area contributed by atoms with Crippen molar-refractivity contribution in [2.75, 3.05) is 11.9 Å². The summed E-state index contributed by atoms with van der Waals surface area (Å²) in [6.45, 7) is 5.61. The second-order valence-electron chi connectivity index (χ2n) is 6.07. The number of nitrogens with one attached hydrogen (secondary N) is 2. The molecular weight excluding hydrogens is 252 g/mol. The first-order valence-corrected chi connectivity index (χ1v) is 7.42. The average molecular weight is 274 g/mol. The van der Waals surface area contributed by atoms with Gasteiger partial charge in [-0.1, -0.05) is 19.9 Å². The van der Waals surface area contributed by atoms with E-state index < -0.39 is 0 Å². The number of carbonyl (C=O) groups is 1. The lowest BCUT2D eigenvalue weighted by Crippen LogP contribution is -2.32. The number of benzene rings is 1. The highest BCUT2D eigenvalue weighted by molar-refractivity contribution is 5.95. The maximum Gasteiger partial charge on any atom is 0.262 e. The lowest BCUT2D eigenvalue weighted by Gasteiger charge is -2.21. The maximum atomic E-state index is 11.3. The van der Waals surface area contributed by atoms with E-state index in [-0.39, 0.29) is 12.5 Å². The Labute approximate surface area is 119 Å². The van der Waals surface area contributed by atoms with Crippen LogP contribution in [-0.2, 0) is 11.3 Å². The van der Waals surface area contributed by atoms with E-state index in [9.17, 15) is 4.79 Å². The number of anilines is 1. The molecule has 4 heteroatoms. The van der Waals surface area contributed by atoms with E-state index in [4.69, 9.17) is 4.74 Å². The molecule has 3 rings (SSSR count). The van der Waals surface area contributed by atoms with Gasteiger partial charge >= 0.3 is 0 Å². The molecule has 0 radical (unpaired) electrons. The molecule has 1 aromatic rings. The molecule has 2 aliphatic rings. The Morgan fingerprint density at radius 3 is 2.95 bits per heavy atom. The van der Waals surface area contributed by atoms with Crippen LogP contribution in [0.5, 0.6) is 5.75 Å². The van der Waals surface area contributed by atoms with Crippen molar-refractivity contribution in [2.24, 2.45) is 11.8 Å². The number of hydrogen-bond acceptors (Lipinski definition) is 3.